The molecule has 1 unspecified atom stereocenters. The van der Waals surface area contributed by atoms with Crippen molar-refractivity contribution in [1.29, 1.82) is 5.26 Å². The highest BCUT2D eigenvalue weighted by atomic mass is 31.2. The maximum atomic E-state index is 13.6. The van der Waals surface area contributed by atoms with E-state index in [9.17, 15) is 10.1 Å². The molecule has 3 heterocycles. The van der Waals surface area contributed by atoms with E-state index in [0.29, 0.717) is 24.6 Å². The number of hydrogen-bond acceptors (Lipinski definition) is 11. The first kappa shape index (κ1) is 48.3. The van der Waals surface area contributed by atoms with Crippen molar-refractivity contribution in [2.45, 2.75) is 116 Å². The van der Waals surface area contributed by atoms with Crippen LogP contribution in [0.2, 0.25) is 0 Å². The third kappa shape index (κ3) is 11.7. The molecule has 5 aromatic rings. The molecule has 4 atom stereocenters. The lowest BCUT2D eigenvalue weighted by molar-refractivity contribution is -0.0912. The van der Waals surface area contributed by atoms with E-state index in [-0.39, 0.29) is 43.2 Å². The first-order valence-corrected chi connectivity index (χ1v) is 23.6. The lowest BCUT2D eigenvalue weighted by atomic mass is 9.80. The van der Waals surface area contributed by atoms with E-state index in [0.717, 1.165) is 54.7 Å². The quantitative estimate of drug-likeness (QED) is 0.0187. The van der Waals surface area contributed by atoms with Gasteiger partial charge >= 0.3 is 0 Å². The number of nitriles is 1. The predicted octanol–water partition coefficient (Wildman–Crippen LogP) is 9.04. The number of aromatic amines is 1. The van der Waals surface area contributed by atoms with Crippen molar-refractivity contribution in [1.82, 2.24) is 29.5 Å². The molecule has 1 saturated heterocycles. The number of nitrogens with one attached hydrogen (secondary N) is 3. The van der Waals surface area contributed by atoms with Gasteiger partial charge in [-0.15, -0.1) is 0 Å². The molecule has 1 fully saturated rings. The van der Waals surface area contributed by atoms with Gasteiger partial charge in [-0.1, -0.05) is 99.5 Å². The number of rotatable bonds is 23. The van der Waals surface area contributed by atoms with Crippen molar-refractivity contribution < 1.29 is 23.3 Å². The molecule has 0 bridgehead atoms. The van der Waals surface area contributed by atoms with E-state index in [1.165, 1.54) is 0 Å². The lowest BCUT2D eigenvalue weighted by Crippen LogP contribution is -2.39. The first-order chi connectivity index (χ1) is 31.1. The molecule has 0 saturated carbocycles. The van der Waals surface area contributed by atoms with Gasteiger partial charge in [-0.3, -0.25) is 24.7 Å². The van der Waals surface area contributed by atoms with Crippen LogP contribution in [0.1, 0.15) is 103 Å². The number of guanidine groups is 1. The smallest absolute Gasteiger partial charge is 0.280 e. The number of H-pyrrole nitrogens is 1. The summed E-state index contributed by atoms with van der Waals surface area (Å²) in [7, 11) is -0.0150. The second kappa shape index (κ2) is 23.6. The van der Waals surface area contributed by atoms with Crippen LogP contribution in [-0.2, 0) is 24.1 Å². The highest BCUT2D eigenvalue weighted by Gasteiger charge is 2.45. The van der Waals surface area contributed by atoms with Gasteiger partial charge in [0.25, 0.3) is 14.1 Å². The number of imidazole rings is 1. The van der Waals surface area contributed by atoms with Gasteiger partial charge in [-0.25, -0.2) is 9.65 Å². The molecule has 16 heteroatoms. The first-order valence-electron chi connectivity index (χ1n) is 22.5. The van der Waals surface area contributed by atoms with Crippen LogP contribution in [0.25, 0.3) is 11.2 Å². The lowest BCUT2D eigenvalue weighted by Gasteiger charge is -2.39. The summed E-state index contributed by atoms with van der Waals surface area (Å²) in [4.78, 5) is 30.6. The summed E-state index contributed by atoms with van der Waals surface area (Å²) in [6.07, 6.45) is 4.24. The molecule has 2 aromatic heterocycles. The van der Waals surface area contributed by atoms with Crippen LogP contribution < -0.4 is 20.9 Å². The van der Waals surface area contributed by atoms with Crippen molar-refractivity contribution in [3.05, 3.63) is 118 Å². The third-order valence-electron chi connectivity index (χ3n) is 11.0. The summed E-state index contributed by atoms with van der Waals surface area (Å²) in [6, 6.07) is 30.6. The van der Waals surface area contributed by atoms with Crippen LogP contribution in [0.4, 0.5) is 5.95 Å². The Morgan fingerprint density at radius 1 is 1.00 bits per heavy atom. The summed E-state index contributed by atoms with van der Waals surface area (Å²) < 4.78 is 37.4. The van der Waals surface area contributed by atoms with E-state index in [4.69, 9.17) is 33.2 Å². The minimum atomic E-state index is -1.67. The van der Waals surface area contributed by atoms with Crippen LogP contribution in [0.3, 0.4) is 0 Å². The van der Waals surface area contributed by atoms with Crippen LogP contribution >= 0.6 is 8.53 Å². The average Bonchev–Trinajstić information content (AvgIpc) is 3.91. The van der Waals surface area contributed by atoms with Gasteiger partial charge < -0.3 is 28.6 Å². The zero-order chi connectivity index (χ0) is 45.5. The fourth-order valence-corrected chi connectivity index (χ4v) is 9.61. The second-order valence-corrected chi connectivity index (χ2v) is 17.6. The Hall–Kier alpha value is -5.20. The number of methoxy groups -OCH3 is 1. The molecule has 0 spiro atoms. The number of nitrogens with zero attached hydrogens (tertiary/aromatic N) is 6. The largest absolute Gasteiger partial charge is 0.497 e. The number of hydrogen-bond donors (Lipinski definition) is 3. The highest BCUT2D eigenvalue weighted by Crippen LogP contribution is 2.51. The molecule has 3 aromatic carbocycles. The Morgan fingerprint density at radius 2 is 1.66 bits per heavy atom. The number of fused-ring (bicyclic) bond motifs is 1. The number of aromatic nitrogens is 4. The van der Waals surface area contributed by atoms with E-state index in [2.05, 4.69) is 97.1 Å². The SMILES string of the molecule is CCCCN=C(NCCCC)Nc1nc2c(ncn2[C@H]2C[C@H](OP(OCCC#N)N(C(C)C)C(C)C)[C@@H](COC(c3ccccc3)(c3ccccc3)c3ccc(OC)cc3)O2)c(=O)[nH]1. The van der Waals surface area contributed by atoms with Gasteiger partial charge in [-0.2, -0.15) is 10.2 Å². The Morgan fingerprint density at radius 3 is 2.27 bits per heavy atom. The number of benzene rings is 3. The fourth-order valence-electron chi connectivity index (χ4n) is 7.85. The van der Waals surface area contributed by atoms with Gasteiger partial charge in [-0.05, 0) is 69.4 Å². The van der Waals surface area contributed by atoms with Crippen molar-refractivity contribution in [3.63, 3.8) is 0 Å². The van der Waals surface area contributed by atoms with Crippen molar-refractivity contribution in [3.8, 4) is 11.8 Å². The van der Waals surface area contributed by atoms with Crippen LogP contribution in [0.15, 0.2) is 101 Å². The Kier molecular flexibility index (Phi) is 17.8. The topological polar surface area (TPSA) is 173 Å². The normalized spacial score (nSPS) is 17.3. The fraction of sp³-hybridized carbons (Fsp3) is 0.479. The standard InChI is InChI=1S/C48H64N9O6P/c1-8-10-28-50-46(51-29-11-9-2)55-47-53-44-43(45(58)54-47)52-33-56(44)42-31-40(63-64(61-30-18-27-49)57(34(3)4)35(5)6)41(62-42)32-60-48(36-19-14-12-15-20-36,37-21-16-13-17-22-37)38-23-25-39(59-7)26-24-38/h12-17,19-26,33-35,40-42H,8-11,18,28-32H2,1-7H3,(H3,50,51,53,54,55,58)/t40-,41+,42+,64?/m0/s1. The highest BCUT2D eigenvalue weighted by molar-refractivity contribution is 7.44. The summed E-state index contributed by atoms with van der Waals surface area (Å²) in [6.45, 7) is 14.3. The van der Waals surface area contributed by atoms with Crippen LogP contribution in [-0.4, -0.2) is 87.9 Å². The van der Waals surface area contributed by atoms with Crippen molar-refractivity contribution in [2.24, 2.45) is 4.99 Å². The average molecular weight is 894 g/mol. The van der Waals surface area contributed by atoms with Crippen LogP contribution in [0.5, 0.6) is 5.75 Å². The minimum absolute atomic E-state index is 0.0752. The zero-order valence-corrected chi connectivity index (χ0v) is 39.1. The van der Waals surface area contributed by atoms with Gasteiger partial charge in [0, 0.05) is 31.6 Å². The third-order valence-corrected chi connectivity index (χ3v) is 13.1. The monoisotopic (exact) mass is 893 g/mol. The number of anilines is 1. The van der Waals surface area contributed by atoms with E-state index < -0.39 is 38.1 Å². The van der Waals surface area contributed by atoms with E-state index in [1.807, 2.05) is 60.7 Å². The molecule has 342 valence electrons. The van der Waals surface area contributed by atoms with Crippen LogP contribution in [0, 0.1) is 11.3 Å². The Balaban J connectivity index is 1.41. The van der Waals surface area contributed by atoms with Crippen molar-refractivity contribution in [2.75, 3.05) is 38.7 Å². The van der Waals surface area contributed by atoms with E-state index >= 15 is 0 Å². The molecule has 6 rings (SSSR count). The molecule has 0 radical (unpaired) electrons. The summed E-state index contributed by atoms with van der Waals surface area (Å²) in [5.74, 6) is 1.50. The molecule has 1 aliphatic heterocycles. The maximum Gasteiger partial charge on any atom is 0.280 e. The van der Waals surface area contributed by atoms with Gasteiger partial charge in [0.2, 0.25) is 5.95 Å². The van der Waals surface area contributed by atoms with Gasteiger partial charge in [0.15, 0.2) is 17.1 Å². The summed E-state index contributed by atoms with van der Waals surface area (Å²) in [5, 5.41) is 16.0. The molecule has 3 N–H and O–H groups in total. The second-order valence-electron chi connectivity index (χ2n) is 16.2. The van der Waals surface area contributed by atoms with Crippen molar-refractivity contribution >= 4 is 31.6 Å². The predicted molar refractivity (Wildman–Crippen MR) is 252 cm³/mol. The maximum absolute atomic E-state index is 13.6. The molecule has 0 amide bonds. The molecular weight excluding hydrogens is 830 g/mol. The molecule has 64 heavy (non-hydrogen) atoms. The molecule has 0 aliphatic carbocycles. The number of aliphatic imine (C=N–C) groups is 1. The number of unbranched alkanes of at least 4 members (excludes halogenated alkanes) is 2. The molecule has 1 aliphatic rings. The van der Waals surface area contributed by atoms with Gasteiger partial charge in [0.1, 0.15) is 23.7 Å². The summed E-state index contributed by atoms with van der Waals surface area (Å²) in [5.41, 5.74) is 1.81. The molecule has 15 nitrogen and oxygen atoms in total. The molecular formula is C48H64N9O6P. The van der Waals surface area contributed by atoms with E-state index in [1.54, 1.807) is 18.0 Å². The minimum Gasteiger partial charge on any atom is -0.497 e. The van der Waals surface area contributed by atoms with Gasteiger partial charge in [0.05, 0.1) is 45.2 Å². The Labute approximate surface area is 378 Å². The summed E-state index contributed by atoms with van der Waals surface area (Å²) >= 11 is 0. The zero-order valence-electron chi connectivity index (χ0n) is 38.2. The number of ether oxygens (including phenoxy) is 3. The Bertz CT molecular complexity index is 2270.